The van der Waals surface area contributed by atoms with Crippen LogP contribution < -0.4 is 26.0 Å². The van der Waals surface area contributed by atoms with Crippen molar-refractivity contribution < 1.29 is 9.53 Å². The van der Waals surface area contributed by atoms with E-state index >= 15 is 0 Å². The van der Waals surface area contributed by atoms with E-state index in [1.807, 2.05) is 44.2 Å². The average molecular weight is 406 g/mol. The highest BCUT2D eigenvalue weighted by molar-refractivity contribution is 5.89. The lowest BCUT2D eigenvalue weighted by molar-refractivity contribution is 0.252. The van der Waals surface area contributed by atoms with Gasteiger partial charge >= 0.3 is 6.03 Å². The van der Waals surface area contributed by atoms with Crippen molar-refractivity contribution in [2.75, 3.05) is 36.1 Å². The molecule has 0 bridgehead atoms. The topological polar surface area (TPSA) is 100 Å². The molecule has 0 atom stereocenters. The van der Waals surface area contributed by atoms with Gasteiger partial charge in [0, 0.05) is 36.2 Å². The van der Waals surface area contributed by atoms with Crippen LogP contribution in [-0.2, 0) is 0 Å². The second-order valence-corrected chi connectivity index (χ2v) is 6.75. The van der Waals surface area contributed by atoms with E-state index in [9.17, 15) is 4.79 Å². The number of ether oxygens (including phenoxy) is 1. The van der Waals surface area contributed by atoms with Gasteiger partial charge in [-0.05, 0) is 50.2 Å². The molecule has 4 N–H and O–H groups in total. The Bertz CT molecular complexity index is 974. The minimum Gasteiger partial charge on any atom is -0.497 e. The van der Waals surface area contributed by atoms with Gasteiger partial charge in [0.1, 0.15) is 11.6 Å². The monoisotopic (exact) mass is 406 g/mol. The molecule has 3 rings (SSSR count). The number of methoxy groups -OCH3 is 1. The molecule has 0 spiro atoms. The number of rotatable bonds is 8. The van der Waals surface area contributed by atoms with Gasteiger partial charge in [-0.1, -0.05) is 17.7 Å². The predicted octanol–water partition coefficient (Wildman–Crippen LogP) is 4.08. The number of aromatic nitrogens is 2. The molecule has 3 aromatic rings. The zero-order chi connectivity index (χ0) is 21.3. The lowest BCUT2D eigenvalue weighted by atomic mass is 10.2. The SMILES string of the molecule is COc1ccc(NC(=O)NCCNc2nc(C)cc(Nc3ccc(C)cc3)n2)cc1. The lowest BCUT2D eigenvalue weighted by Crippen LogP contribution is -2.32. The molecule has 1 heterocycles. The number of urea groups is 1. The first kappa shape index (κ1) is 20.9. The Kier molecular flexibility index (Phi) is 7.05. The molecule has 0 fully saturated rings. The fourth-order valence-corrected chi connectivity index (χ4v) is 2.70. The number of nitrogens with one attached hydrogen (secondary N) is 4. The first-order valence-electron chi connectivity index (χ1n) is 9.64. The van der Waals surface area contributed by atoms with E-state index in [-0.39, 0.29) is 6.03 Å². The van der Waals surface area contributed by atoms with Gasteiger partial charge in [0.05, 0.1) is 7.11 Å². The van der Waals surface area contributed by atoms with Gasteiger partial charge in [0.2, 0.25) is 5.95 Å². The number of carbonyl (C=O) groups excluding carboxylic acids is 1. The van der Waals surface area contributed by atoms with E-state index in [1.165, 1.54) is 5.56 Å². The molecule has 0 aliphatic carbocycles. The number of aryl methyl sites for hydroxylation is 2. The van der Waals surface area contributed by atoms with Gasteiger partial charge in [0.15, 0.2) is 0 Å². The fourth-order valence-electron chi connectivity index (χ4n) is 2.70. The largest absolute Gasteiger partial charge is 0.497 e. The Balaban J connectivity index is 1.46. The zero-order valence-electron chi connectivity index (χ0n) is 17.3. The highest BCUT2D eigenvalue weighted by Gasteiger charge is 2.04. The van der Waals surface area contributed by atoms with Gasteiger partial charge in [-0.15, -0.1) is 0 Å². The normalized spacial score (nSPS) is 10.2. The first-order chi connectivity index (χ1) is 14.5. The molecule has 8 nitrogen and oxygen atoms in total. The van der Waals surface area contributed by atoms with Crippen LogP contribution >= 0.6 is 0 Å². The third kappa shape index (κ3) is 6.37. The van der Waals surface area contributed by atoms with Crippen molar-refractivity contribution in [1.82, 2.24) is 15.3 Å². The van der Waals surface area contributed by atoms with Crippen molar-refractivity contribution in [3.8, 4) is 5.75 Å². The van der Waals surface area contributed by atoms with E-state index in [0.717, 1.165) is 17.1 Å². The molecule has 0 radical (unpaired) electrons. The molecule has 0 unspecified atom stereocenters. The van der Waals surface area contributed by atoms with E-state index in [0.29, 0.717) is 30.5 Å². The summed E-state index contributed by atoms with van der Waals surface area (Å²) in [6.45, 7) is 4.86. The van der Waals surface area contributed by atoms with Crippen LogP contribution in [0.25, 0.3) is 0 Å². The maximum Gasteiger partial charge on any atom is 0.319 e. The molecule has 8 heteroatoms. The van der Waals surface area contributed by atoms with Gasteiger partial charge in [-0.25, -0.2) is 9.78 Å². The lowest BCUT2D eigenvalue weighted by Gasteiger charge is -2.11. The van der Waals surface area contributed by atoms with Crippen molar-refractivity contribution in [1.29, 1.82) is 0 Å². The maximum atomic E-state index is 12.0. The van der Waals surface area contributed by atoms with Crippen LogP contribution in [0.4, 0.5) is 27.9 Å². The smallest absolute Gasteiger partial charge is 0.319 e. The number of amides is 2. The van der Waals surface area contributed by atoms with Crippen LogP contribution in [0.2, 0.25) is 0 Å². The Hall–Kier alpha value is -3.81. The van der Waals surface area contributed by atoms with Crippen LogP contribution in [0.15, 0.2) is 54.6 Å². The summed E-state index contributed by atoms with van der Waals surface area (Å²) in [6, 6.07) is 16.8. The van der Waals surface area contributed by atoms with Crippen molar-refractivity contribution in [3.05, 3.63) is 65.9 Å². The summed E-state index contributed by atoms with van der Waals surface area (Å²) in [5.74, 6) is 1.94. The molecule has 0 aliphatic rings. The number of benzene rings is 2. The molecule has 0 saturated heterocycles. The molecule has 2 amide bonds. The minimum atomic E-state index is -0.283. The summed E-state index contributed by atoms with van der Waals surface area (Å²) in [7, 11) is 1.60. The van der Waals surface area contributed by atoms with E-state index in [4.69, 9.17) is 4.74 Å². The summed E-state index contributed by atoms with van der Waals surface area (Å²) in [5, 5.41) is 12.0. The third-order valence-corrected chi connectivity index (χ3v) is 4.22. The maximum absolute atomic E-state index is 12.0. The molecule has 0 saturated carbocycles. The quantitative estimate of drug-likeness (QED) is 0.421. The van der Waals surface area contributed by atoms with Crippen LogP contribution in [0, 0.1) is 13.8 Å². The van der Waals surface area contributed by atoms with Crippen LogP contribution in [-0.4, -0.2) is 36.2 Å². The number of hydrogen-bond acceptors (Lipinski definition) is 6. The van der Waals surface area contributed by atoms with Gasteiger partial charge in [0.25, 0.3) is 0 Å². The van der Waals surface area contributed by atoms with E-state index < -0.39 is 0 Å². The molecular formula is C22H26N6O2. The van der Waals surface area contributed by atoms with Crippen molar-refractivity contribution in [2.24, 2.45) is 0 Å². The summed E-state index contributed by atoms with van der Waals surface area (Å²) in [6.07, 6.45) is 0. The second kappa shape index (κ2) is 10.1. The molecule has 1 aromatic heterocycles. The highest BCUT2D eigenvalue weighted by atomic mass is 16.5. The summed E-state index contributed by atoms with van der Waals surface area (Å²) < 4.78 is 5.10. The minimum absolute atomic E-state index is 0.283. The van der Waals surface area contributed by atoms with Crippen LogP contribution in [0.3, 0.4) is 0 Å². The molecular weight excluding hydrogens is 380 g/mol. The Morgan fingerprint density at radius 1 is 0.933 bits per heavy atom. The van der Waals surface area contributed by atoms with Crippen molar-refractivity contribution in [2.45, 2.75) is 13.8 Å². The van der Waals surface area contributed by atoms with Crippen molar-refractivity contribution in [3.63, 3.8) is 0 Å². The van der Waals surface area contributed by atoms with Crippen molar-refractivity contribution >= 4 is 29.2 Å². The Morgan fingerprint density at radius 3 is 2.33 bits per heavy atom. The summed E-state index contributed by atoms with van der Waals surface area (Å²) in [4.78, 5) is 20.9. The average Bonchev–Trinajstić information content (AvgIpc) is 2.73. The third-order valence-electron chi connectivity index (χ3n) is 4.22. The van der Waals surface area contributed by atoms with Crippen LogP contribution in [0.1, 0.15) is 11.3 Å². The van der Waals surface area contributed by atoms with Gasteiger partial charge in [-0.3, -0.25) is 0 Å². The molecule has 0 aliphatic heterocycles. The van der Waals surface area contributed by atoms with Crippen LogP contribution in [0.5, 0.6) is 5.75 Å². The zero-order valence-corrected chi connectivity index (χ0v) is 17.3. The second-order valence-electron chi connectivity index (χ2n) is 6.75. The number of nitrogens with zero attached hydrogens (tertiary/aromatic N) is 2. The Labute approximate surface area is 176 Å². The molecule has 2 aromatic carbocycles. The van der Waals surface area contributed by atoms with Gasteiger partial charge < -0.3 is 26.0 Å². The molecule has 156 valence electrons. The van der Waals surface area contributed by atoms with E-state index in [2.05, 4.69) is 31.2 Å². The first-order valence-corrected chi connectivity index (χ1v) is 9.64. The molecule has 30 heavy (non-hydrogen) atoms. The summed E-state index contributed by atoms with van der Waals surface area (Å²) in [5.41, 5.74) is 3.69. The number of anilines is 4. The van der Waals surface area contributed by atoms with Gasteiger partial charge in [-0.2, -0.15) is 4.98 Å². The number of hydrogen-bond donors (Lipinski definition) is 4. The fraction of sp³-hybridized carbons (Fsp3) is 0.227. The number of carbonyl (C=O) groups is 1. The predicted molar refractivity (Wildman–Crippen MR) is 120 cm³/mol. The van der Waals surface area contributed by atoms with E-state index in [1.54, 1.807) is 31.4 Å². The standard InChI is InChI=1S/C22H26N6O2/c1-15-4-6-17(7-5-15)26-20-14-16(2)25-21(28-20)23-12-13-24-22(29)27-18-8-10-19(30-3)11-9-18/h4-11,14H,12-13H2,1-3H3,(H2,24,27,29)(H2,23,25,26,28). The highest BCUT2D eigenvalue weighted by Crippen LogP contribution is 2.17. The summed E-state index contributed by atoms with van der Waals surface area (Å²) >= 11 is 0. The Morgan fingerprint density at radius 2 is 1.63 bits per heavy atom.